The van der Waals surface area contributed by atoms with E-state index in [-0.39, 0.29) is 30.1 Å². The Kier molecular flexibility index (Phi) is 8.03. The predicted molar refractivity (Wildman–Crippen MR) is 112 cm³/mol. The Morgan fingerprint density at radius 1 is 1.27 bits per heavy atom. The molecule has 33 heavy (non-hydrogen) atoms. The number of rotatable bonds is 6. The van der Waals surface area contributed by atoms with E-state index in [0.29, 0.717) is 17.9 Å². The Balaban J connectivity index is 0.000000189. The summed E-state index contributed by atoms with van der Waals surface area (Å²) in [6.07, 6.45) is 5.37. The first-order valence-corrected chi connectivity index (χ1v) is 10.00. The van der Waals surface area contributed by atoms with Gasteiger partial charge in [0.2, 0.25) is 5.82 Å². The highest BCUT2D eigenvalue weighted by atomic mass is 19.2. The van der Waals surface area contributed by atoms with Crippen LogP contribution >= 0.6 is 0 Å². The Morgan fingerprint density at radius 2 is 2.09 bits per heavy atom. The van der Waals surface area contributed by atoms with Crippen LogP contribution in [-0.4, -0.2) is 34.0 Å². The van der Waals surface area contributed by atoms with Gasteiger partial charge in [-0.1, -0.05) is 6.07 Å². The Labute approximate surface area is 187 Å². The van der Waals surface area contributed by atoms with Gasteiger partial charge in [0.1, 0.15) is 18.4 Å². The second kappa shape index (κ2) is 11.1. The number of anilines is 1. The average Bonchev–Trinajstić information content (AvgIpc) is 3.47. The van der Waals surface area contributed by atoms with Crippen LogP contribution in [0.2, 0.25) is 0 Å². The standard InChI is InChI=1S/C12H15N3O3.C10H7F2NO2/c1-7-2-3-10(18-7)12(17)15-8-4-5-14-9(6-8)11(13)16;11-8-2-1-3-9(10(8)12)14-5-7-4-13-6-15-7/h4-7,10H,2-3H2,1H3,(H2,13,16)(H,14,15,17);1-4,6H,5H2. The van der Waals surface area contributed by atoms with Crippen LogP contribution in [0.4, 0.5) is 14.5 Å². The minimum Gasteiger partial charge on any atom is -0.482 e. The summed E-state index contributed by atoms with van der Waals surface area (Å²) in [5, 5.41) is 2.69. The molecule has 0 spiro atoms. The summed E-state index contributed by atoms with van der Waals surface area (Å²) >= 11 is 0. The number of hydrogen-bond acceptors (Lipinski definition) is 7. The van der Waals surface area contributed by atoms with Crippen LogP contribution in [0.25, 0.3) is 0 Å². The molecule has 0 bridgehead atoms. The molecule has 1 fully saturated rings. The molecule has 9 nitrogen and oxygen atoms in total. The van der Waals surface area contributed by atoms with Crippen molar-refractivity contribution in [1.82, 2.24) is 9.97 Å². The zero-order chi connectivity index (χ0) is 23.8. The van der Waals surface area contributed by atoms with E-state index in [0.717, 1.165) is 12.5 Å². The van der Waals surface area contributed by atoms with Crippen molar-refractivity contribution >= 4 is 17.5 Å². The van der Waals surface area contributed by atoms with Crippen molar-refractivity contribution in [3.05, 3.63) is 72.2 Å². The maximum absolute atomic E-state index is 13.1. The average molecular weight is 460 g/mol. The Hall–Kier alpha value is -3.86. The van der Waals surface area contributed by atoms with Crippen LogP contribution in [0.5, 0.6) is 5.75 Å². The van der Waals surface area contributed by atoms with Gasteiger partial charge in [-0.15, -0.1) is 0 Å². The van der Waals surface area contributed by atoms with Gasteiger partial charge in [0.25, 0.3) is 11.8 Å². The molecule has 0 saturated carbocycles. The summed E-state index contributed by atoms with van der Waals surface area (Å²) in [6.45, 7) is 1.95. The summed E-state index contributed by atoms with van der Waals surface area (Å²) in [5.74, 6) is -2.48. The molecule has 0 aliphatic carbocycles. The van der Waals surface area contributed by atoms with Crippen molar-refractivity contribution in [2.75, 3.05) is 5.32 Å². The van der Waals surface area contributed by atoms with Crippen LogP contribution < -0.4 is 15.8 Å². The van der Waals surface area contributed by atoms with Gasteiger partial charge in [0.05, 0.1) is 12.3 Å². The summed E-state index contributed by atoms with van der Waals surface area (Å²) in [5.41, 5.74) is 5.73. The third-order valence-electron chi connectivity index (χ3n) is 4.57. The fourth-order valence-corrected chi connectivity index (χ4v) is 2.92. The summed E-state index contributed by atoms with van der Waals surface area (Å²) in [7, 11) is 0. The number of nitrogens with two attached hydrogens (primary N) is 1. The molecule has 174 valence electrons. The lowest BCUT2D eigenvalue weighted by Crippen LogP contribution is -2.28. The Morgan fingerprint density at radius 3 is 2.76 bits per heavy atom. The largest absolute Gasteiger partial charge is 0.482 e. The van der Waals surface area contributed by atoms with E-state index in [9.17, 15) is 18.4 Å². The lowest BCUT2D eigenvalue weighted by molar-refractivity contribution is -0.126. The van der Waals surface area contributed by atoms with E-state index in [1.165, 1.54) is 37.0 Å². The van der Waals surface area contributed by atoms with Gasteiger partial charge in [-0.25, -0.2) is 9.37 Å². The molecule has 4 rings (SSSR count). The number of benzene rings is 1. The zero-order valence-electron chi connectivity index (χ0n) is 17.7. The zero-order valence-corrected chi connectivity index (χ0v) is 17.7. The molecule has 11 heteroatoms. The topological polar surface area (TPSA) is 130 Å². The van der Waals surface area contributed by atoms with Gasteiger partial charge in [0, 0.05) is 11.9 Å². The fraction of sp³-hybridized carbons (Fsp3) is 0.273. The number of ether oxygens (including phenoxy) is 2. The Bertz CT molecular complexity index is 1090. The fourth-order valence-electron chi connectivity index (χ4n) is 2.92. The van der Waals surface area contributed by atoms with E-state index in [1.807, 2.05) is 6.92 Å². The van der Waals surface area contributed by atoms with E-state index in [4.69, 9.17) is 19.6 Å². The number of carbonyl (C=O) groups excluding carboxylic acids is 2. The molecule has 2 amide bonds. The molecule has 1 saturated heterocycles. The minimum absolute atomic E-state index is 0.0143. The van der Waals surface area contributed by atoms with Crippen LogP contribution in [0, 0.1) is 11.6 Å². The number of primary amides is 1. The number of halogens is 2. The van der Waals surface area contributed by atoms with E-state index in [1.54, 1.807) is 6.07 Å². The monoisotopic (exact) mass is 460 g/mol. The number of nitrogens with one attached hydrogen (secondary N) is 1. The molecule has 2 aromatic heterocycles. The van der Waals surface area contributed by atoms with Gasteiger partial charge < -0.3 is 24.9 Å². The molecule has 2 unspecified atom stereocenters. The first kappa shape index (κ1) is 23.8. The van der Waals surface area contributed by atoms with Gasteiger partial charge in [-0.05, 0) is 44.0 Å². The summed E-state index contributed by atoms with van der Waals surface area (Å²) < 4.78 is 41.2. The maximum atomic E-state index is 13.1. The second-order valence-corrected chi connectivity index (χ2v) is 7.10. The molecule has 0 radical (unpaired) electrons. The number of hydrogen-bond donors (Lipinski definition) is 2. The number of pyridine rings is 1. The number of carbonyl (C=O) groups is 2. The first-order chi connectivity index (χ1) is 15.8. The minimum atomic E-state index is -1.00. The quantitative estimate of drug-likeness (QED) is 0.578. The highest BCUT2D eigenvalue weighted by Gasteiger charge is 2.28. The smallest absolute Gasteiger partial charge is 0.267 e. The molecule has 1 aliphatic rings. The molecule has 3 aromatic rings. The highest BCUT2D eigenvalue weighted by Crippen LogP contribution is 2.21. The van der Waals surface area contributed by atoms with Gasteiger partial charge >= 0.3 is 0 Å². The summed E-state index contributed by atoms with van der Waals surface area (Å²) in [6, 6.07) is 6.78. The predicted octanol–water partition coefficient (Wildman–Crippen LogP) is 3.22. The van der Waals surface area contributed by atoms with Gasteiger partial charge in [-0.3, -0.25) is 14.6 Å². The van der Waals surface area contributed by atoms with Crippen LogP contribution in [0.15, 0.2) is 53.5 Å². The van der Waals surface area contributed by atoms with Crippen LogP contribution in [0.3, 0.4) is 0 Å². The lowest BCUT2D eigenvalue weighted by Gasteiger charge is -2.11. The van der Waals surface area contributed by atoms with E-state index >= 15 is 0 Å². The maximum Gasteiger partial charge on any atom is 0.267 e. The number of aromatic nitrogens is 2. The third-order valence-corrected chi connectivity index (χ3v) is 4.57. The number of oxazole rings is 1. The molecule has 3 N–H and O–H groups in total. The van der Waals surface area contributed by atoms with Crippen molar-refractivity contribution in [2.45, 2.75) is 38.6 Å². The summed E-state index contributed by atoms with van der Waals surface area (Å²) in [4.78, 5) is 30.3. The molecule has 3 heterocycles. The molecule has 1 aromatic carbocycles. The second-order valence-electron chi connectivity index (χ2n) is 7.10. The van der Waals surface area contributed by atoms with Crippen LogP contribution in [0.1, 0.15) is 36.0 Å². The van der Waals surface area contributed by atoms with Crippen molar-refractivity contribution in [3.63, 3.8) is 0 Å². The highest BCUT2D eigenvalue weighted by molar-refractivity contribution is 5.96. The first-order valence-electron chi connectivity index (χ1n) is 10.00. The molecule has 1 aliphatic heterocycles. The SMILES string of the molecule is CC1CCC(C(=O)Nc2ccnc(C(N)=O)c2)O1.Fc1cccc(OCc2cnco2)c1F. The molecular weight excluding hydrogens is 438 g/mol. The van der Waals surface area contributed by atoms with Crippen molar-refractivity contribution < 1.29 is 32.3 Å². The number of nitrogens with zero attached hydrogens (tertiary/aromatic N) is 2. The normalized spacial score (nSPS) is 17.1. The van der Waals surface area contributed by atoms with E-state index in [2.05, 4.69) is 15.3 Å². The van der Waals surface area contributed by atoms with Crippen molar-refractivity contribution in [2.24, 2.45) is 5.73 Å². The molecular formula is C22H22F2N4O5. The van der Waals surface area contributed by atoms with Gasteiger partial charge in [-0.2, -0.15) is 4.39 Å². The van der Waals surface area contributed by atoms with Crippen LogP contribution in [-0.2, 0) is 16.1 Å². The van der Waals surface area contributed by atoms with Gasteiger partial charge in [0.15, 0.2) is 23.7 Å². The third kappa shape index (κ3) is 6.81. The molecule has 2 atom stereocenters. The lowest BCUT2D eigenvalue weighted by atomic mass is 10.2. The van der Waals surface area contributed by atoms with Crippen molar-refractivity contribution in [1.29, 1.82) is 0 Å². The van der Waals surface area contributed by atoms with E-state index < -0.39 is 23.6 Å². The number of amides is 2. The van der Waals surface area contributed by atoms with Crippen molar-refractivity contribution in [3.8, 4) is 5.75 Å².